The van der Waals surface area contributed by atoms with Gasteiger partial charge in [-0.25, -0.2) is 0 Å². The molecule has 0 radical (unpaired) electrons. The Morgan fingerprint density at radius 3 is 2.11 bits per heavy atom. The molecule has 3 rings (SSSR count). The highest BCUT2D eigenvalue weighted by molar-refractivity contribution is 5.95. The van der Waals surface area contributed by atoms with E-state index >= 15 is 0 Å². The number of carbonyl (C=O) groups is 2. The van der Waals surface area contributed by atoms with Crippen LogP contribution in [-0.2, 0) is 7.05 Å². The molecule has 6 nitrogen and oxygen atoms in total. The van der Waals surface area contributed by atoms with E-state index in [2.05, 4.69) is 6.92 Å². The summed E-state index contributed by atoms with van der Waals surface area (Å²) in [7, 11) is 1.90. The summed E-state index contributed by atoms with van der Waals surface area (Å²) in [6.07, 6.45) is 5.43. The van der Waals surface area contributed by atoms with Crippen LogP contribution in [0.2, 0.25) is 0 Å². The zero-order chi connectivity index (χ0) is 19.2. The summed E-state index contributed by atoms with van der Waals surface area (Å²) in [6, 6.07) is 9.13. The van der Waals surface area contributed by atoms with Crippen LogP contribution in [-0.4, -0.2) is 59.0 Å². The van der Waals surface area contributed by atoms with Crippen LogP contribution in [0.5, 0.6) is 5.75 Å². The maximum atomic E-state index is 12.8. The summed E-state index contributed by atoms with van der Waals surface area (Å²) in [4.78, 5) is 29.1. The number of rotatable bonds is 5. The van der Waals surface area contributed by atoms with Crippen LogP contribution in [0.25, 0.3) is 0 Å². The van der Waals surface area contributed by atoms with Gasteiger partial charge in [-0.15, -0.1) is 0 Å². The van der Waals surface area contributed by atoms with E-state index in [-0.39, 0.29) is 11.8 Å². The molecule has 0 bridgehead atoms. The predicted molar refractivity (Wildman–Crippen MR) is 104 cm³/mol. The van der Waals surface area contributed by atoms with Gasteiger partial charge in [0.05, 0.1) is 12.2 Å². The lowest BCUT2D eigenvalue weighted by Crippen LogP contribution is -2.37. The van der Waals surface area contributed by atoms with Gasteiger partial charge in [0.25, 0.3) is 11.8 Å². The second-order valence-corrected chi connectivity index (χ2v) is 6.88. The highest BCUT2D eigenvalue weighted by Crippen LogP contribution is 2.16. The fourth-order valence-corrected chi connectivity index (χ4v) is 3.23. The molecule has 0 unspecified atom stereocenters. The van der Waals surface area contributed by atoms with Crippen LogP contribution in [0.15, 0.2) is 42.7 Å². The minimum atomic E-state index is 0.00560. The van der Waals surface area contributed by atoms with Crippen LogP contribution >= 0.6 is 0 Å². The molecule has 0 saturated carbocycles. The molecule has 2 amide bonds. The van der Waals surface area contributed by atoms with Gasteiger partial charge in [0.2, 0.25) is 0 Å². The Kier molecular flexibility index (Phi) is 6.16. The number of ether oxygens (including phenoxy) is 1. The molecule has 2 aromatic rings. The number of amides is 2. The first-order valence-electron chi connectivity index (χ1n) is 9.52. The smallest absolute Gasteiger partial charge is 0.255 e. The molecule has 1 aromatic heterocycles. The van der Waals surface area contributed by atoms with Gasteiger partial charge < -0.3 is 19.1 Å². The quantitative estimate of drug-likeness (QED) is 0.814. The van der Waals surface area contributed by atoms with Crippen molar-refractivity contribution < 1.29 is 14.3 Å². The van der Waals surface area contributed by atoms with Crippen molar-refractivity contribution in [3.8, 4) is 5.75 Å². The summed E-state index contributed by atoms with van der Waals surface area (Å²) in [5, 5.41) is 0. The fourth-order valence-electron chi connectivity index (χ4n) is 3.23. The molecular formula is C21H27N3O3. The molecule has 27 heavy (non-hydrogen) atoms. The zero-order valence-electron chi connectivity index (χ0n) is 16.1. The van der Waals surface area contributed by atoms with E-state index in [0.717, 1.165) is 18.6 Å². The first-order valence-corrected chi connectivity index (χ1v) is 9.52. The molecule has 2 heterocycles. The van der Waals surface area contributed by atoms with Gasteiger partial charge in [-0.2, -0.15) is 0 Å². The Hall–Kier alpha value is -2.76. The average molecular weight is 369 g/mol. The molecule has 0 atom stereocenters. The van der Waals surface area contributed by atoms with Crippen LogP contribution in [0.1, 0.15) is 40.5 Å². The second kappa shape index (κ2) is 8.75. The number of hydrogen-bond donors (Lipinski definition) is 0. The molecule has 144 valence electrons. The third-order valence-electron chi connectivity index (χ3n) is 4.72. The Labute approximate surface area is 160 Å². The van der Waals surface area contributed by atoms with Gasteiger partial charge in [-0.3, -0.25) is 9.59 Å². The Morgan fingerprint density at radius 1 is 0.926 bits per heavy atom. The number of benzene rings is 1. The van der Waals surface area contributed by atoms with E-state index in [9.17, 15) is 9.59 Å². The lowest BCUT2D eigenvalue weighted by atomic mass is 10.2. The van der Waals surface area contributed by atoms with Crippen LogP contribution < -0.4 is 4.74 Å². The lowest BCUT2D eigenvalue weighted by Gasteiger charge is -2.22. The van der Waals surface area contributed by atoms with E-state index in [4.69, 9.17) is 4.74 Å². The first-order chi connectivity index (χ1) is 13.1. The number of carbonyl (C=O) groups excluding carboxylic acids is 2. The number of nitrogens with zero attached hydrogens (tertiary/aromatic N) is 3. The predicted octanol–water partition coefficient (Wildman–Crippen LogP) is 2.80. The molecule has 1 fully saturated rings. The van der Waals surface area contributed by atoms with Gasteiger partial charge in [-0.05, 0) is 43.2 Å². The first kappa shape index (κ1) is 19.0. The largest absolute Gasteiger partial charge is 0.494 e. The van der Waals surface area contributed by atoms with Crippen molar-refractivity contribution in [2.75, 3.05) is 32.8 Å². The summed E-state index contributed by atoms with van der Waals surface area (Å²) < 4.78 is 7.44. The summed E-state index contributed by atoms with van der Waals surface area (Å²) >= 11 is 0. The van der Waals surface area contributed by atoms with Crippen molar-refractivity contribution in [2.45, 2.75) is 19.8 Å². The number of hydrogen-bond acceptors (Lipinski definition) is 3. The fraction of sp³-hybridized carbons (Fsp3) is 0.429. The molecule has 6 heteroatoms. The van der Waals surface area contributed by atoms with E-state index in [1.165, 1.54) is 0 Å². The zero-order valence-corrected chi connectivity index (χ0v) is 16.1. The molecule has 1 aliphatic rings. The number of aromatic nitrogens is 1. The third kappa shape index (κ3) is 4.70. The van der Waals surface area contributed by atoms with Crippen molar-refractivity contribution in [1.82, 2.24) is 14.4 Å². The van der Waals surface area contributed by atoms with E-state index in [1.54, 1.807) is 0 Å². The summed E-state index contributed by atoms with van der Waals surface area (Å²) in [5.74, 6) is 0.817. The van der Waals surface area contributed by atoms with Gasteiger partial charge in [-0.1, -0.05) is 6.92 Å². The minimum absolute atomic E-state index is 0.00560. The Morgan fingerprint density at radius 2 is 1.56 bits per heavy atom. The summed E-state index contributed by atoms with van der Waals surface area (Å²) in [6.45, 7) is 5.16. The molecule has 0 spiro atoms. The molecular weight excluding hydrogens is 342 g/mol. The van der Waals surface area contributed by atoms with Crippen LogP contribution in [0.3, 0.4) is 0 Å². The highest BCUT2D eigenvalue weighted by Gasteiger charge is 2.23. The maximum absolute atomic E-state index is 12.8. The molecule has 1 aromatic carbocycles. The van der Waals surface area contributed by atoms with Crippen molar-refractivity contribution in [3.63, 3.8) is 0 Å². The van der Waals surface area contributed by atoms with E-state index in [0.29, 0.717) is 43.9 Å². The minimum Gasteiger partial charge on any atom is -0.494 e. The standard InChI is InChI=1S/C21H27N3O3/c1-3-15-27-19-7-5-17(6-8-19)20(25)23-10-4-11-24(14-13-23)21(26)18-9-12-22(2)16-18/h5-9,12,16H,3-4,10-11,13-15H2,1-2H3. The normalized spacial score (nSPS) is 14.7. The van der Waals surface area contributed by atoms with Crippen molar-refractivity contribution in [1.29, 1.82) is 0 Å². The Bertz CT molecular complexity index is 782. The highest BCUT2D eigenvalue weighted by atomic mass is 16.5. The van der Waals surface area contributed by atoms with E-state index < -0.39 is 0 Å². The number of aryl methyl sites for hydroxylation is 1. The van der Waals surface area contributed by atoms with Gasteiger partial charge in [0.1, 0.15) is 5.75 Å². The van der Waals surface area contributed by atoms with E-state index in [1.807, 2.05) is 64.1 Å². The van der Waals surface area contributed by atoms with Crippen LogP contribution in [0, 0.1) is 0 Å². The van der Waals surface area contributed by atoms with Crippen molar-refractivity contribution >= 4 is 11.8 Å². The lowest BCUT2D eigenvalue weighted by molar-refractivity contribution is 0.0718. The topological polar surface area (TPSA) is 54.8 Å². The molecule has 1 aliphatic heterocycles. The molecule has 1 saturated heterocycles. The molecule has 0 aliphatic carbocycles. The average Bonchev–Trinajstić information content (AvgIpc) is 2.98. The van der Waals surface area contributed by atoms with Gasteiger partial charge >= 0.3 is 0 Å². The second-order valence-electron chi connectivity index (χ2n) is 6.88. The maximum Gasteiger partial charge on any atom is 0.255 e. The van der Waals surface area contributed by atoms with Crippen molar-refractivity contribution in [2.24, 2.45) is 7.05 Å². The van der Waals surface area contributed by atoms with Gasteiger partial charge in [0.15, 0.2) is 0 Å². The summed E-state index contributed by atoms with van der Waals surface area (Å²) in [5.41, 5.74) is 1.35. The van der Waals surface area contributed by atoms with Crippen molar-refractivity contribution in [3.05, 3.63) is 53.9 Å². The van der Waals surface area contributed by atoms with Crippen LogP contribution in [0.4, 0.5) is 0 Å². The molecule has 0 N–H and O–H groups in total. The monoisotopic (exact) mass is 369 g/mol. The SMILES string of the molecule is CCCOc1ccc(C(=O)N2CCCN(C(=O)c3ccn(C)c3)CC2)cc1. The third-order valence-corrected chi connectivity index (χ3v) is 4.72. The van der Waals surface area contributed by atoms with Gasteiger partial charge in [0, 0.05) is 51.2 Å². The Balaban J connectivity index is 1.60.